The summed E-state index contributed by atoms with van der Waals surface area (Å²) in [7, 11) is -2.28. The molecule has 9 heteroatoms. The smallest absolute Gasteiger partial charge is 0.297 e. The van der Waals surface area contributed by atoms with E-state index in [9.17, 15) is 21.6 Å². The molecule has 1 aliphatic rings. The molecular formula is C15H21F3N2O3S. The number of hydrogen-bond donors (Lipinski definition) is 1. The topological polar surface area (TPSA) is 58.6 Å². The molecule has 0 spiro atoms. The van der Waals surface area contributed by atoms with Crippen LogP contribution in [0.1, 0.15) is 37.9 Å². The number of nitrogens with one attached hydrogen (secondary N) is 1. The maximum absolute atomic E-state index is 12.9. The second kappa shape index (κ2) is 6.29. The molecule has 1 fully saturated rings. The lowest BCUT2D eigenvalue weighted by Gasteiger charge is -2.27. The van der Waals surface area contributed by atoms with E-state index < -0.39 is 38.6 Å². The Morgan fingerprint density at radius 1 is 1.25 bits per heavy atom. The van der Waals surface area contributed by atoms with Crippen LogP contribution >= 0.6 is 0 Å². The molecule has 1 aromatic carbocycles. The molecule has 1 heterocycles. The standard InChI is InChI=1S/C15H21F3N2O3S/c1-14(2,3)19-24(21,22)12-9-23-20(4)13(12)10-6-5-7-11(8-10)15(16,17)18/h5-8,12-13,19H,9H2,1-4H3/t12-,13+/m1/s1. The maximum atomic E-state index is 12.9. The Morgan fingerprint density at radius 2 is 1.88 bits per heavy atom. The first-order valence-corrected chi connectivity index (χ1v) is 8.91. The normalized spacial score (nSPS) is 23.6. The molecule has 2 atom stereocenters. The molecule has 0 radical (unpaired) electrons. The number of halogens is 3. The van der Waals surface area contributed by atoms with Gasteiger partial charge in [-0.2, -0.15) is 18.2 Å². The van der Waals surface area contributed by atoms with Gasteiger partial charge in [0, 0.05) is 12.6 Å². The molecular weight excluding hydrogens is 345 g/mol. The lowest BCUT2D eigenvalue weighted by Crippen LogP contribution is -2.47. The minimum atomic E-state index is -4.49. The summed E-state index contributed by atoms with van der Waals surface area (Å²) in [6.07, 6.45) is -4.49. The van der Waals surface area contributed by atoms with Gasteiger partial charge in [-0.1, -0.05) is 12.1 Å². The van der Waals surface area contributed by atoms with E-state index in [1.54, 1.807) is 20.8 Å². The third kappa shape index (κ3) is 4.27. The number of hydrogen-bond acceptors (Lipinski definition) is 4. The molecule has 1 aliphatic heterocycles. The fourth-order valence-corrected chi connectivity index (χ4v) is 4.59. The molecule has 1 aromatic rings. The Kier molecular flexibility index (Phi) is 5.02. The number of alkyl halides is 3. The zero-order valence-electron chi connectivity index (χ0n) is 13.9. The fourth-order valence-electron chi connectivity index (χ4n) is 2.68. The molecule has 0 amide bonds. The quantitative estimate of drug-likeness (QED) is 0.894. The average Bonchev–Trinajstić information content (AvgIpc) is 2.78. The Morgan fingerprint density at radius 3 is 2.42 bits per heavy atom. The summed E-state index contributed by atoms with van der Waals surface area (Å²) in [5, 5.41) is 0.285. The Bertz CT molecular complexity index is 699. The van der Waals surface area contributed by atoms with Gasteiger partial charge in [-0.05, 0) is 38.5 Å². The number of rotatable bonds is 3. The highest BCUT2D eigenvalue weighted by molar-refractivity contribution is 7.90. The molecule has 1 N–H and O–H groups in total. The van der Waals surface area contributed by atoms with Gasteiger partial charge in [-0.15, -0.1) is 0 Å². The third-order valence-electron chi connectivity index (χ3n) is 3.59. The van der Waals surface area contributed by atoms with Gasteiger partial charge in [0.1, 0.15) is 5.25 Å². The largest absolute Gasteiger partial charge is 0.416 e. The highest BCUT2D eigenvalue weighted by Crippen LogP contribution is 2.37. The van der Waals surface area contributed by atoms with Crippen LogP contribution in [0, 0.1) is 0 Å². The van der Waals surface area contributed by atoms with Crippen LogP contribution < -0.4 is 4.72 Å². The van der Waals surface area contributed by atoms with Crippen LogP contribution in [0.25, 0.3) is 0 Å². The third-order valence-corrected chi connectivity index (χ3v) is 5.68. The molecule has 2 rings (SSSR count). The van der Waals surface area contributed by atoms with Crippen molar-refractivity contribution < 1.29 is 26.4 Å². The minimum absolute atomic E-state index is 0.122. The van der Waals surface area contributed by atoms with Crippen molar-refractivity contribution in [2.24, 2.45) is 0 Å². The van der Waals surface area contributed by atoms with Crippen molar-refractivity contribution in [1.29, 1.82) is 0 Å². The number of hydroxylamine groups is 2. The summed E-state index contributed by atoms with van der Waals surface area (Å²) in [6.45, 7) is 4.97. The van der Waals surface area contributed by atoms with Crippen molar-refractivity contribution >= 4 is 10.0 Å². The van der Waals surface area contributed by atoms with Crippen LogP contribution in [-0.4, -0.2) is 37.9 Å². The Labute approximate surface area is 139 Å². The lowest BCUT2D eigenvalue weighted by molar-refractivity contribution is -0.138. The van der Waals surface area contributed by atoms with Gasteiger partial charge in [0.15, 0.2) is 0 Å². The van der Waals surface area contributed by atoms with Crippen LogP contribution in [-0.2, 0) is 21.0 Å². The first-order chi connectivity index (χ1) is 10.8. The number of sulfonamides is 1. The first-order valence-electron chi connectivity index (χ1n) is 7.37. The van der Waals surface area contributed by atoms with Crippen LogP contribution in [0.2, 0.25) is 0 Å². The van der Waals surface area contributed by atoms with Crippen molar-refractivity contribution in [1.82, 2.24) is 9.79 Å². The van der Waals surface area contributed by atoms with Crippen molar-refractivity contribution in [2.45, 2.75) is 43.8 Å². The van der Waals surface area contributed by atoms with Crippen molar-refractivity contribution in [2.75, 3.05) is 13.7 Å². The molecule has 24 heavy (non-hydrogen) atoms. The van der Waals surface area contributed by atoms with Gasteiger partial charge in [0.05, 0.1) is 18.2 Å². The van der Waals surface area contributed by atoms with Crippen molar-refractivity contribution in [3.05, 3.63) is 35.4 Å². The van der Waals surface area contributed by atoms with Gasteiger partial charge in [0.2, 0.25) is 10.0 Å². The summed E-state index contributed by atoms with van der Waals surface area (Å²) >= 11 is 0. The summed E-state index contributed by atoms with van der Waals surface area (Å²) in [5.41, 5.74) is -1.27. The molecule has 0 aromatic heterocycles. The van der Waals surface area contributed by atoms with Crippen LogP contribution in [0.4, 0.5) is 13.2 Å². The summed E-state index contributed by atoms with van der Waals surface area (Å²) < 4.78 is 66.6. The van der Waals surface area contributed by atoms with E-state index in [1.807, 2.05) is 0 Å². The molecule has 5 nitrogen and oxygen atoms in total. The highest BCUT2D eigenvalue weighted by atomic mass is 32.2. The zero-order chi connectivity index (χ0) is 18.3. The van der Waals surface area contributed by atoms with Crippen LogP contribution in [0.15, 0.2) is 24.3 Å². The minimum Gasteiger partial charge on any atom is -0.297 e. The summed E-state index contributed by atoms with van der Waals surface area (Å²) in [4.78, 5) is 5.29. The molecule has 0 saturated carbocycles. The van der Waals surface area contributed by atoms with Gasteiger partial charge in [0.25, 0.3) is 0 Å². The van der Waals surface area contributed by atoms with Crippen LogP contribution in [0.5, 0.6) is 0 Å². The number of benzene rings is 1. The fraction of sp³-hybridized carbons (Fsp3) is 0.600. The molecule has 0 aliphatic carbocycles. The van der Waals surface area contributed by atoms with Gasteiger partial charge in [-0.3, -0.25) is 4.84 Å². The average molecular weight is 366 g/mol. The van der Waals surface area contributed by atoms with E-state index >= 15 is 0 Å². The predicted molar refractivity (Wildman–Crippen MR) is 83.5 cm³/mol. The van der Waals surface area contributed by atoms with E-state index in [0.29, 0.717) is 0 Å². The lowest BCUT2D eigenvalue weighted by atomic mass is 10.0. The predicted octanol–water partition coefficient (Wildman–Crippen LogP) is 2.71. The summed E-state index contributed by atoms with van der Waals surface area (Å²) in [5.74, 6) is 0. The van der Waals surface area contributed by atoms with E-state index in [1.165, 1.54) is 24.2 Å². The number of nitrogens with zero attached hydrogens (tertiary/aromatic N) is 1. The maximum Gasteiger partial charge on any atom is 0.416 e. The summed E-state index contributed by atoms with van der Waals surface area (Å²) in [6, 6.07) is 3.84. The zero-order valence-corrected chi connectivity index (χ0v) is 14.7. The second-order valence-corrected chi connectivity index (χ2v) is 8.75. The van der Waals surface area contributed by atoms with Crippen molar-refractivity contribution in [3.63, 3.8) is 0 Å². The SMILES string of the molecule is CN1OC[C@@H](S(=O)(=O)NC(C)(C)C)[C@@H]1c1cccc(C(F)(F)F)c1. The van der Waals surface area contributed by atoms with Crippen molar-refractivity contribution in [3.8, 4) is 0 Å². The second-order valence-electron chi connectivity index (χ2n) is 6.85. The molecule has 136 valence electrons. The molecule has 1 saturated heterocycles. The van der Waals surface area contributed by atoms with Gasteiger partial charge in [-0.25, -0.2) is 13.1 Å². The highest BCUT2D eigenvalue weighted by Gasteiger charge is 2.45. The van der Waals surface area contributed by atoms with E-state index in [0.717, 1.165) is 12.1 Å². The monoisotopic (exact) mass is 366 g/mol. The van der Waals surface area contributed by atoms with E-state index in [-0.39, 0.29) is 12.2 Å². The Balaban J connectivity index is 2.40. The first kappa shape index (κ1) is 19.2. The van der Waals surface area contributed by atoms with Gasteiger partial charge < -0.3 is 0 Å². The Hall–Kier alpha value is -1.16. The van der Waals surface area contributed by atoms with Gasteiger partial charge >= 0.3 is 6.18 Å². The van der Waals surface area contributed by atoms with Crippen LogP contribution in [0.3, 0.4) is 0 Å². The van der Waals surface area contributed by atoms with E-state index in [2.05, 4.69) is 4.72 Å². The molecule has 0 bridgehead atoms. The van der Waals surface area contributed by atoms with E-state index in [4.69, 9.17) is 4.84 Å². The molecule has 0 unspecified atom stereocenters.